The van der Waals surface area contributed by atoms with Crippen molar-refractivity contribution >= 4 is 17.4 Å². The van der Waals surface area contributed by atoms with Crippen molar-refractivity contribution in [2.45, 2.75) is 12.8 Å². The van der Waals surface area contributed by atoms with Crippen LogP contribution in [0.3, 0.4) is 0 Å². The highest BCUT2D eigenvalue weighted by Crippen LogP contribution is 2.48. The van der Waals surface area contributed by atoms with E-state index in [1.807, 2.05) is 30.3 Å². The summed E-state index contributed by atoms with van der Waals surface area (Å²) in [6, 6.07) is 12.8. The van der Waals surface area contributed by atoms with Gasteiger partial charge in [-0.2, -0.15) is 0 Å². The number of amides is 1. The number of Topliss-reactive ketones (excluding diaryl/α,β-unsaturated/α-hetero) is 1. The van der Waals surface area contributed by atoms with Gasteiger partial charge in [0.15, 0.2) is 5.78 Å². The fraction of sp³-hybridized carbons (Fsp3) is 0.300. The fourth-order valence-corrected chi connectivity index (χ4v) is 3.94. The molecule has 1 unspecified atom stereocenters. The second-order valence-corrected chi connectivity index (χ2v) is 6.48. The quantitative estimate of drug-likeness (QED) is 0.808. The number of anilines is 1. The molecular weight excluding hydrogens is 318 g/mol. The Morgan fingerprint density at radius 3 is 2.44 bits per heavy atom. The van der Waals surface area contributed by atoms with E-state index < -0.39 is 5.41 Å². The number of methoxy groups -OCH3 is 2. The second-order valence-electron chi connectivity index (χ2n) is 6.48. The molecule has 2 aromatic rings. The molecule has 128 valence electrons. The van der Waals surface area contributed by atoms with Crippen molar-refractivity contribution < 1.29 is 19.1 Å². The van der Waals surface area contributed by atoms with Gasteiger partial charge in [0.2, 0.25) is 5.91 Å². The molecule has 0 bridgehead atoms. The molecule has 0 N–H and O–H groups in total. The van der Waals surface area contributed by atoms with Gasteiger partial charge in [0.1, 0.15) is 16.9 Å². The highest BCUT2D eigenvalue weighted by molar-refractivity contribution is 6.22. The van der Waals surface area contributed by atoms with Crippen molar-refractivity contribution in [3.8, 4) is 11.5 Å². The van der Waals surface area contributed by atoms with E-state index in [0.29, 0.717) is 30.7 Å². The van der Waals surface area contributed by atoms with Crippen molar-refractivity contribution in [1.29, 1.82) is 0 Å². The zero-order chi connectivity index (χ0) is 17.6. The maximum atomic E-state index is 13.2. The van der Waals surface area contributed by atoms with Crippen molar-refractivity contribution in [1.82, 2.24) is 0 Å². The number of ketones is 1. The molecule has 1 fully saturated rings. The van der Waals surface area contributed by atoms with Gasteiger partial charge < -0.3 is 14.4 Å². The number of nitrogens with zero attached hydrogens (tertiary/aromatic N) is 1. The summed E-state index contributed by atoms with van der Waals surface area (Å²) in [5.41, 5.74) is 1.26. The molecule has 4 rings (SSSR count). The molecule has 0 saturated carbocycles. The molecule has 1 aliphatic heterocycles. The van der Waals surface area contributed by atoms with Gasteiger partial charge in [-0.25, -0.2) is 0 Å². The normalized spacial score (nSPS) is 21.8. The Balaban J connectivity index is 1.68. The summed E-state index contributed by atoms with van der Waals surface area (Å²) in [7, 11) is 3.19. The maximum absolute atomic E-state index is 13.2. The Labute approximate surface area is 146 Å². The highest BCUT2D eigenvalue weighted by atomic mass is 16.5. The third-order valence-corrected chi connectivity index (χ3v) is 5.31. The molecule has 0 aromatic heterocycles. The van der Waals surface area contributed by atoms with Crippen LogP contribution in [0.25, 0.3) is 0 Å². The average Bonchev–Trinajstić information content (AvgIpc) is 3.14. The lowest BCUT2D eigenvalue weighted by Crippen LogP contribution is -2.38. The summed E-state index contributed by atoms with van der Waals surface area (Å²) in [5, 5.41) is 0. The summed E-state index contributed by atoms with van der Waals surface area (Å²) >= 11 is 0. The summed E-state index contributed by atoms with van der Waals surface area (Å²) in [4.78, 5) is 28.0. The second kappa shape index (κ2) is 5.62. The van der Waals surface area contributed by atoms with E-state index in [4.69, 9.17) is 9.47 Å². The largest absolute Gasteiger partial charge is 0.497 e. The lowest BCUT2D eigenvalue weighted by molar-refractivity contribution is -0.123. The minimum absolute atomic E-state index is 0.0811. The monoisotopic (exact) mass is 337 g/mol. The smallest absolute Gasteiger partial charge is 0.241 e. The van der Waals surface area contributed by atoms with E-state index in [1.54, 1.807) is 31.3 Å². The van der Waals surface area contributed by atoms with Crippen LogP contribution in [0.5, 0.6) is 11.5 Å². The number of benzene rings is 2. The fourth-order valence-electron chi connectivity index (χ4n) is 3.94. The first kappa shape index (κ1) is 15.7. The molecule has 2 aromatic carbocycles. The summed E-state index contributed by atoms with van der Waals surface area (Å²) < 4.78 is 10.6. The number of ether oxygens (including phenoxy) is 2. The highest BCUT2D eigenvalue weighted by Gasteiger charge is 2.57. The molecule has 5 heteroatoms. The van der Waals surface area contributed by atoms with Gasteiger partial charge in [0.05, 0.1) is 14.2 Å². The predicted molar refractivity (Wildman–Crippen MR) is 93.4 cm³/mol. The van der Waals surface area contributed by atoms with Crippen LogP contribution in [-0.2, 0) is 11.2 Å². The summed E-state index contributed by atoms with van der Waals surface area (Å²) in [5.74, 6) is 1.21. The van der Waals surface area contributed by atoms with Crippen LogP contribution in [0.4, 0.5) is 5.69 Å². The van der Waals surface area contributed by atoms with Gasteiger partial charge >= 0.3 is 0 Å². The lowest BCUT2D eigenvalue weighted by atomic mass is 9.82. The lowest BCUT2D eigenvalue weighted by Gasteiger charge is -2.21. The number of carbonyl (C=O) groups excluding carboxylic acids is 2. The van der Waals surface area contributed by atoms with E-state index in [-0.39, 0.29) is 11.7 Å². The number of rotatable bonds is 3. The van der Waals surface area contributed by atoms with Gasteiger partial charge in [-0.15, -0.1) is 0 Å². The first-order chi connectivity index (χ1) is 12.1. The van der Waals surface area contributed by atoms with E-state index >= 15 is 0 Å². The molecule has 25 heavy (non-hydrogen) atoms. The third-order valence-electron chi connectivity index (χ3n) is 5.31. The number of hydrogen-bond acceptors (Lipinski definition) is 4. The van der Waals surface area contributed by atoms with E-state index in [1.165, 1.54) is 0 Å². The summed E-state index contributed by atoms with van der Waals surface area (Å²) in [6.07, 6.45) is 0.936. The number of carbonyl (C=O) groups is 2. The van der Waals surface area contributed by atoms with Crippen LogP contribution in [-0.4, -0.2) is 32.5 Å². The Morgan fingerprint density at radius 1 is 1.00 bits per heavy atom. The van der Waals surface area contributed by atoms with E-state index in [0.717, 1.165) is 17.0 Å². The third kappa shape index (κ3) is 2.15. The minimum atomic E-state index is -0.989. The maximum Gasteiger partial charge on any atom is 0.241 e. The van der Waals surface area contributed by atoms with E-state index in [2.05, 4.69) is 0 Å². The van der Waals surface area contributed by atoms with Crippen molar-refractivity contribution in [2.75, 3.05) is 25.7 Å². The molecular formula is C20H19NO4. The number of fused-ring (bicyclic) bond motifs is 1. The average molecular weight is 337 g/mol. The predicted octanol–water partition coefficient (Wildman–Crippen LogP) is 2.87. The zero-order valence-electron chi connectivity index (χ0n) is 14.2. The molecule has 1 atom stereocenters. The first-order valence-corrected chi connectivity index (χ1v) is 8.27. The molecule has 1 amide bonds. The standard InChI is InChI=1S/C20H19NO4/c1-24-14-8-6-13(7-9-14)21-11-10-20(19(21)23)12-16-15(18(20)22)4-3-5-17(16)25-2/h3-9H,10-12H2,1-2H3. The summed E-state index contributed by atoms with van der Waals surface area (Å²) in [6.45, 7) is 0.535. The van der Waals surface area contributed by atoms with Crippen molar-refractivity contribution in [3.05, 3.63) is 53.6 Å². The topological polar surface area (TPSA) is 55.8 Å². The van der Waals surface area contributed by atoms with Gasteiger partial charge in [-0.3, -0.25) is 9.59 Å². The Morgan fingerprint density at radius 2 is 1.76 bits per heavy atom. The van der Waals surface area contributed by atoms with Crippen molar-refractivity contribution in [3.63, 3.8) is 0 Å². The van der Waals surface area contributed by atoms with Gasteiger partial charge in [-0.1, -0.05) is 12.1 Å². The van der Waals surface area contributed by atoms with Crippen LogP contribution in [0.2, 0.25) is 0 Å². The molecule has 1 spiro atoms. The molecule has 1 aliphatic carbocycles. The van der Waals surface area contributed by atoms with Crippen LogP contribution in [0.1, 0.15) is 22.3 Å². The molecule has 5 nitrogen and oxygen atoms in total. The van der Waals surface area contributed by atoms with Gasteiger partial charge in [0.25, 0.3) is 0 Å². The Hall–Kier alpha value is -2.82. The Kier molecular flexibility index (Phi) is 3.53. The first-order valence-electron chi connectivity index (χ1n) is 8.27. The molecule has 0 radical (unpaired) electrons. The SMILES string of the molecule is COc1ccc(N2CCC3(Cc4c(OC)cccc4C3=O)C2=O)cc1. The minimum Gasteiger partial charge on any atom is -0.497 e. The van der Waals surface area contributed by atoms with Crippen LogP contribution in [0.15, 0.2) is 42.5 Å². The number of hydrogen-bond donors (Lipinski definition) is 0. The zero-order valence-corrected chi connectivity index (χ0v) is 14.2. The van der Waals surface area contributed by atoms with Crippen molar-refractivity contribution in [2.24, 2.45) is 5.41 Å². The molecule has 1 heterocycles. The molecule has 2 aliphatic rings. The molecule has 1 saturated heterocycles. The Bertz CT molecular complexity index is 858. The van der Waals surface area contributed by atoms with E-state index in [9.17, 15) is 9.59 Å². The van der Waals surface area contributed by atoms with Gasteiger partial charge in [0, 0.05) is 23.4 Å². The van der Waals surface area contributed by atoms with Crippen LogP contribution >= 0.6 is 0 Å². The van der Waals surface area contributed by atoms with Gasteiger partial charge in [-0.05, 0) is 43.2 Å². The van der Waals surface area contributed by atoms with Crippen LogP contribution in [0, 0.1) is 5.41 Å². The van der Waals surface area contributed by atoms with Crippen LogP contribution < -0.4 is 14.4 Å².